The van der Waals surface area contributed by atoms with E-state index in [0.29, 0.717) is 5.56 Å². The van der Waals surface area contributed by atoms with Gasteiger partial charge < -0.3 is 10.4 Å². The zero-order chi connectivity index (χ0) is 11.3. The molecular weight excluding hydrogens is 188 g/mol. The highest BCUT2D eigenvalue weighted by atomic mass is 16.3. The molecule has 0 radical (unpaired) electrons. The molecule has 0 spiro atoms. The Morgan fingerprint density at radius 2 is 2.20 bits per heavy atom. The summed E-state index contributed by atoms with van der Waals surface area (Å²) in [6.07, 6.45) is 0. The second-order valence-electron chi connectivity index (χ2n) is 3.79. The smallest absolute Gasteiger partial charge is 0.0992 e. The summed E-state index contributed by atoms with van der Waals surface area (Å²) in [6, 6.07) is 9.62. The molecule has 0 fully saturated rings. The lowest BCUT2D eigenvalue weighted by atomic mass is 10.0. The Balaban J connectivity index is 2.68. The van der Waals surface area contributed by atoms with E-state index in [1.165, 1.54) is 0 Å². The molecule has 1 aromatic carbocycles. The van der Waals surface area contributed by atoms with Gasteiger partial charge in [-0.2, -0.15) is 5.26 Å². The summed E-state index contributed by atoms with van der Waals surface area (Å²) < 4.78 is 0. The molecule has 0 aliphatic rings. The molecule has 80 valence electrons. The van der Waals surface area contributed by atoms with Gasteiger partial charge in [-0.15, -0.1) is 0 Å². The van der Waals surface area contributed by atoms with Crippen molar-refractivity contribution in [1.82, 2.24) is 0 Å². The summed E-state index contributed by atoms with van der Waals surface area (Å²) in [4.78, 5) is 0. The van der Waals surface area contributed by atoms with Crippen molar-refractivity contribution >= 4 is 5.69 Å². The van der Waals surface area contributed by atoms with Crippen molar-refractivity contribution in [3.8, 4) is 6.07 Å². The van der Waals surface area contributed by atoms with E-state index < -0.39 is 0 Å². The van der Waals surface area contributed by atoms with E-state index in [0.717, 1.165) is 5.69 Å². The van der Waals surface area contributed by atoms with Gasteiger partial charge in [0.15, 0.2) is 0 Å². The molecule has 2 atom stereocenters. The van der Waals surface area contributed by atoms with Crippen LogP contribution >= 0.6 is 0 Å². The topological polar surface area (TPSA) is 56.0 Å². The lowest BCUT2D eigenvalue weighted by Crippen LogP contribution is -2.26. The number of anilines is 1. The lowest BCUT2D eigenvalue weighted by molar-refractivity contribution is 0.226. The quantitative estimate of drug-likeness (QED) is 0.788. The Hall–Kier alpha value is -1.53. The number of aliphatic hydroxyl groups is 1. The Kier molecular flexibility index (Phi) is 4.14. The minimum Gasteiger partial charge on any atom is -0.396 e. The van der Waals surface area contributed by atoms with Crippen LogP contribution in [0.25, 0.3) is 0 Å². The largest absolute Gasteiger partial charge is 0.396 e. The molecule has 3 heteroatoms. The molecule has 0 amide bonds. The maximum absolute atomic E-state index is 8.99. The molecule has 2 unspecified atom stereocenters. The van der Waals surface area contributed by atoms with E-state index in [1.54, 1.807) is 12.1 Å². The molecule has 1 aromatic rings. The molecule has 0 aliphatic heterocycles. The third kappa shape index (κ3) is 3.26. The van der Waals surface area contributed by atoms with E-state index >= 15 is 0 Å². The summed E-state index contributed by atoms with van der Waals surface area (Å²) in [5.74, 6) is 0.191. The first-order valence-electron chi connectivity index (χ1n) is 5.05. The average molecular weight is 204 g/mol. The van der Waals surface area contributed by atoms with Gasteiger partial charge >= 0.3 is 0 Å². The highest BCUT2D eigenvalue weighted by Gasteiger charge is 2.10. The standard InChI is InChI=1S/C12H16N2O/c1-9(8-15)10(2)14-12-5-3-4-11(6-12)7-13/h3-6,9-10,14-15H,8H2,1-2H3. The summed E-state index contributed by atoms with van der Waals surface area (Å²) in [7, 11) is 0. The molecule has 3 nitrogen and oxygen atoms in total. The van der Waals surface area contributed by atoms with E-state index in [4.69, 9.17) is 10.4 Å². The van der Waals surface area contributed by atoms with Crippen LogP contribution in [0.2, 0.25) is 0 Å². The number of nitriles is 1. The molecule has 0 saturated carbocycles. The highest BCUT2D eigenvalue weighted by molar-refractivity contribution is 5.49. The zero-order valence-electron chi connectivity index (χ0n) is 9.07. The van der Waals surface area contributed by atoms with Crippen LogP contribution in [0.4, 0.5) is 5.69 Å². The van der Waals surface area contributed by atoms with E-state index in [9.17, 15) is 0 Å². The van der Waals surface area contributed by atoms with Gasteiger partial charge in [0.05, 0.1) is 11.6 Å². The average Bonchev–Trinajstić information content (AvgIpc) is 2.28. The number of hydrogen-bond donors (Lipinski definition) is 2. The van der Waals surface area contributed by atoms with Crippen molar-refractivity contribution in [2.45, 2.75) is 19.9 Å². The zero-order valence-corrected chi connectivity index (χ0v) is 9.07. The van der Waals surface area contributed by atoms with Crippen LogP contribution in [0.5, 0.6) is 0 Å². The number of nitrogens with zero attached hydrogens (tertiary/aromatic N) is 1. The molecule has 2 N–H and O–H groups in total. The molecule has 15 heavy (non-hydrogen) atoms. The Bertz CT molecular complexity index is 357. The van der Waals surface area contributed by atoms with Crippen LogP contribution in [0.1, 0.15) is 19.4 Å². The fourth-order valence-electron chi connectivity index (χ4n) is 1.24. The van der Waals surface area contributed by atoms with Crippen molar-refractivity contribution < 1.29 is 5.11 Å². The van der Waals surface area contributed by atoms with Crippen LogP contribution in [-0.4, -0.2) is 17.8 Å². The van der Waals surface area contributed by atoms with Crippen LogP contribution in [0.15, 0.2) is 24.3 Å². The Morgan fingerprint density at radius 3 is 2.80 bits per heavy atom. The first-order chi connectivity index (χ1) is 7.17. The molecule has 0 bridgehead atoms. The first-order valence-corrected chi connectivity index (χ1v) is 5.05. The molecule has 0 saturated heterocycles. The van der Waals surface area contributed by atoms with E-state index in [1.807, 2.05) is 26.0 Å². The molecular formula is C12H16N2O. The maximum Gasteiger partial charge on any atom is 0.0992 e. The van der Waals surface area contributed by atoms with Gasteiger partial charge in [-0.1, -0.05) is 13.0 Å². The van der Waals surface area contributed by atoms with Crippen LogP contribution in [0, 0.1) is 17.2 Å². The van der Waals surface area contributed by atoms with Gasteiger partial charge in [0.2, 0.25) is 0 Å². The summed E-state index contributed by atoms with van der Waals surface area (Å²) in [6.45, 7) is 4.15. The highest BCUT2D eigenvalue weighted by Crippen LogP contribution is 2.14. The van der Waals surface area contributed by atoms with Gasteiger partial charge in [-0.25, -0.2) is 0 Å². The van der Waals surface area contributed by atoms with E-state index in [-0.39, 0.29) is 18.6 Å². The number of nitrogens with one attached hydrogen (secondary N) is 1. The lowest BCUT2D eigenvalue weighted by Gasteiger charge is -2.20. The predicted octanol–water partition coefficient (Wildman–Crippen LogP) is 1.99. The minimum absolute atomic E-state index is 0.159. The van der Waals surface area contributed by atoms with Gasteiger partial charge in [-0.3, -0.25) is 0 Å². The third-order valence-corrected chi connectivity index (χ3v) is 2.53. The van der Waals surface area contributed by atoms with Crippen molar-refractivity contribution in [2.24, 2.45) is 5.92 Å². The van der Waals surface area contributed by atoms with Crippen molar-refractivity contribution in [1.29, 1.82) is 5.26 Å². The van der Waals surface area contributed by atoms with Crippen LogP contribution in [-0.2, 0) is 0 Å². The van der Waals surface area contributed by atoms with Gasteiger partial charge in [0.1, 0.15) is 0 Å². The fraction of sp³-hybridized carbons (Fsp3) is 0.417. The molecule has 0 aromatic heterocycles. The Labute approximate surface area is 90.4 Å². The number of rotatable bonds is 4. The summed E-state index contributed by atoms with van der Waals surface area (Å²) in [5, 5.41) is 21.0. The molecule has 0 aliphatic carbocycles. The fourth-order valence-corrected chi connectivity index (χ4v) is 1.24. The second kappa shape index (κ2) is 5.38. The van der Waals surface area contributed by atoms with Crippen LogP contribution in [0.3, 0.4) is 0 Å². The first kappa shape index (κ1) is 11.5. The summed E-state index contributed by atoms with van der Waals surface area (Å²) in [5.41, 5.74) is 1.56. The number of benzene rings is 1. The minimum atomic E-state index is 0.159. The number of hydrogen-bond acceptors (Lipinski definition) is 3. The van der Waals surface area contributed by atoms with Gasteiger partial charge in [0, 0.05) is 18.3 Å². The second-order valence-corrected chi connectivity index (χ2v) is 3.79. The SMILES string of the molecule is CC(CO)C(C)Nc1cccc(C#N)c1. The predicted molar refractivity (Wildman–Crippen MR) is 60.5 cm³/mol. The normalized spacial score (nSPS) is 14.0. The third-order valence-electron chi connectivity index (χ3n) is 2.53. The van der Waals surface area contributed by atoms with E-state index in [2.05, 4.69) is 11.4 Å². The number of aliphatic hydroxyl groups excluding tert-OH is 1. The Morgan fingerprint density at radius 1 is 1.47 bits per heavy atom. The van der Waals surface area contributed by atoms with Crippen molar-refractivity contribution in [3.63, 3.8) is 0 Å². The van der Waals surface area contributed by atoms with Crippen molar-refractivity contribution in [3.05, 3.63) is 29.8 Å². The van der Waals surface area contributed by atoms with Gasteiger partial charge in [-0.05, 0) is 31.0 Å². The van der Waals surface area contributed by atoms with Gasteiger partial charge in [0.25, 0.3) is 0 Å². The van der Waals surface area contributed by atoms with Crippen molar-refractivity contribution in [2.75, 3.05) is 11.9 Å². The monoisotopic (exact) mass is 204 g/mol. The molecule has 0 heterocycles. The molecule has 1 rings (SSSR count). The maximum atomic E-state index is 8.99. The van der Waals surface area contributed by atoms with Crippen LogP contribution < -0.4 is 5.32 Å². The summed E-state index contributed by atoms with van der Waals surface area (Å²) >= 11 is 0.